The fourth-order valence-corrected chi connectivity index (χ4v) is 2.40. The van der Waals surface area contributed by atoms with Crippen LogP contribution in [0.15, 0.2) is 18.2 Å². The lowest BCUT2D eigenvalue weighted by Gasteiger charge is -2.11. The molecule has 1 fully saturated rings. The highest BCUT2D eigenvalue weighted by atomic mass is 19.2. The van der Waals surface area contributed by atoms with Crippen LogP contribution in [0.25, 0.3) is 10.9 Å². The van der Waals surface area contributed by atoms with Crippen LogP contribution in [0.4, 0.5) is 8.78 Å². The van der Waals surface area contributed by atoms with E-state index in [0.29, 0.717) is 18.9 Å². The number of carbonyl (C=O) groups is 1. The van der Waals surface area contributed by atoms with Crippen molar-refractivity contribution < 1.29 is 23.4 Å². The Morgan fingerprint density at radius 1 is 1.30 bits per heavy atom. The number of rotatable bonds is 2. The van der Waals surface area contributed by atoms with E-state index < -0.39 is 17.6 Å². The van der Waals surface area contributed by atoms with Crippen LogP contribution in [0, 0.1) is 11.6 Å². The SMILES string of the molecule is O=C(O)c1cc(C2CCOC2)nc2cc(F)c(F)cc12. The maximum Gasteiger partial charge on any atom is 0.336 e. The molecule has 1 aromatic carbocycles. The minimum Gasteiger partial charge on any atom is -0.478 e. The van der Waals surface area contributed by atoms with E-state index in [4.69, 9.17) is 4.74 Å². The fraction of sp³-hybridized carbons (Fsp3) is 0.286. The van der Waals surface area contributed by atoms with E-state index in [0.717, 1.165) is 18.6 Å². The number of ether oxygens (including phenoxy) is 1. The van der Waals surface area contributed by atoms with Gasteiger partial charge in [-0.1, -0.05) is 0 Å². The molecule has 0 bridgehead atoms. The molecule has 1 aliphatic heterocycles. The number of hydrogen-bond acceptors (Lipinski definition) is 3. The number of aromatic carboxylic acids is 1. The molecule has 3 rings (SSSR count). The van der Waals surface area contributed by atoms with E-state index in [2.05, 4.69) is 4.98 Å². The van der Waals surface area contributed by atoms with Crippen molar-refractivity contribution in [1.29, 1.82) is 0 Å². The van der Waals surface area contributed by atoms with E-state index in [1.165, 1.54) is 6.07 Å². The zero-order valence-corrected chi connectivity index (χ0v) is 10.4. The molecule has 1 saturated heterocycles. The Bertz CT molecular complexity index is 696. The number of pyridine rings is 1. The zero-order chi connectivity index (χ0) is 14.3. The Hall–Kier alpha value is -2.08. The van der Waals surface area contributed by atoms with Crippen LogP contribution in [0.5, 0.6) is 0 Å². The van der Waals surface area contributed by atoms with Crippen molar-refractivity contribution in [2.24, 2.45) is 0 Å². The number of fused-ring (bicyclic) bond motifs is 1. The number of aromatic nitrogens is 1. The predicted octanol–water partition coefficient (Wildman–Crippen LogP) is 2.72. The van der Waals surface area contributed by atoms with Gasteiger partial charge in [0.25, 0.3) is 0 Å². The van der Waals surface area contributed by atoms with Crippen molar-refractivity contribution in [3.63, 3.8) is 0 Å². The molecule has 2 aromatic rings. The summed E-state index contributed by atoms with van der Waals surface area (Å²) in [5.74, 6) is -3.32. The first-order valence-corrected chi connectivity index (χ1v) is 6.17. The molecule has 0 saturated carbocycles. The summed E-state index contributed by atoms with van der Waals surface area (Å²) >= 11 is 0. The second kappa shape index (κ2) is 4.79. The highest BCUT2D eigenvalue weighted by molar-refractivity contribution is 6.02. The molecule has 1 aromatic heterocycles. The quantitative estimate of drug-likeness (QED) is 0.918. The lowest BCUT2D eigenvalue weighted by molar-refractivity contribution is 0.0698. The summed E-state index contributed by atoms with van der Waals surface area (Å²) in [4.78, 5) is 15.6. The standard InChI is InChI=1S/C14H11F2NO3/c15-10-3-8-9(14(18)19)4-12(7-1-2-20-6-7)17-13(8)5-11(10)16/h3-5,7H,1-2,6H2,(H,18,19). The van der Waals surface area contributed by atoms with Gasteiger partial charge < -0.3 is 9.84 Å². The molecule has 0 radical (unpaired) electrons. The third-order valence-corrected chi connectivity index (χ3v) is 3.45. The van der Waals surface area contributed by atoms with Crippen molar-refractivity contribution in [2.45, 2.75) is 12.3 Å². The molecule has 104 valence electrons. The van der Waals surface area contributed by atoms with Crippen LogP contribution in [-0.2, 0) is 4.74 Å². The average molecular weight is 279 g/mol. The molecule has 1 atom stereocenters. The molecule has 1 N–H and O–H groups in total. The van der Waals surface area contributed by atoms with Crippen LogP contribution in [0.2, 0.25) is 0 Å². The topological polar surface area (TPSA) is 59.4 Å². The first-order chi connectivity index (χ1) is 9.56. The number of carboxylic acids is 1. The summed E-state index contributed by atoms with van der Waals surface area (Å²) in [5, 5.41) is 9.33. The molecule has 0 amide bonds. The lowest BCUT2D eigenvalue weighted by atomic mass is 9.99. The van der Waals surface area contributed by atoms with Gasteiger partial charge in [-0.2, -0.15) is 0 Å². The Balaban J connectivity index is 2.24. The summed E-state index contributed by atoms with van der Waals surface area (Å²) in [5.41, 5.74) is 0.611. The second-order valence-electron chi connectivity index (χ2n) is 4.74. The minimum atomic E-state index is -1.19. The number of carboxylic acid groups (broad SMARTS) is 1. The van der Waals surface area contributed by atoms with Crippen LogP contribution in [0.3, 0.4) is 0 Å². The van der Waals surface area contributed by atoms with Gasteiger partial charge in [0.1, 0.15) is 0 Å². The van der Waals surface area contributed by atoms with Gasteiger partial charge in [-0.3, -0.25) is 4.98 Å². The Labute approximate surface area is 113 Å². The van der Waals surface area contributed by atoms with E-state index in [9.17, 15) is 18.7 Å². The summed E-state index contributed by atoms with van der Waals surface area (Å²) in [6.07, 6.45) is 0.737. The Kier molecular flexibility index (Phi) is 3.10. The Morgan fingerprint density at radius 3 is 2.70 bits per heavy atom. The van der Waals surface area contributed by atoms with Crippen molar-refractivity contribution in [2.75, 3.05) is 13.2 Å². The van der Waals surface area contributed by atoms with Gasteiger partial charge >= 0.3 is 5.97 Å². The molecule has 0 spiro atoms. The molecular formula is C14H11F2NO3. The zero-order valence-electron chi connectivity index (χ0n) is 10.4. The normalized spacial score (nSPS) is 18.6. The van der Waals surface area contributed by atoms with E-state index in [-0.39, 0.29) is 22.4 Å². The maximum atomic E-state index is 13.3. The predicted molar refractivity (Wildman–Crippen MR) is 66.8 cm³/mol. The number of halogens is 2. The molecule has 1 aliphatic rings. The first kappa shape index (κ1) is 12.9. The van der Waals surface area contributed by atoms with Gasteiger partial charge in [0.2, 0.25) is 0 Å². The summed E-state index contributed by atoms with van der Waals surface area (Å²) in [7, 11) is 0. The van der Waals surface area contributed by atoms with Crippen LogP contribution in [0.1, 0.15) is 28.4 Å². The highest BCUT2D eigenvalue weighted by Gasteiger charge is 2.22. The molecule has 1 unspecified atom stereocenters. The van der Waals surface area contributed by atoms with Crippen molar-refractivity contribution in [1.82, 2.24) is 4.98 Å². The third-order valence-electron chi connectivity index (χ3n) is 3.45. The van der Waals surface area contributed by atoms with Crippen LogP contribution < -0.4 is 0 Å². The Morgan fingerprint density at radius 2 is 2.05 bits per heavy atom. The van der Waals surface area contributed by atoms with E-state index in [1.807, 2.05) is 0 Å². The minimum absolute atomic E-state index is 0.00869. The smallest absolute Gasteiger partial charge is 0.336 e. The molecule has 0 aliphatic carbocycles. The van der Waals surface area contributed by atoms with Gasteiger partial charge in [-0.15, -0.1) is 0 Å². The van der Waals surface area contributed by atoms with Gasteiger partial charge in [0, 0.05) is 29.7 Å². The number of benzene rings is 1. The summed E-state index contributed by atoms with van der Waals surface area (Å²) < 4.78 is 31.8. The van der Waals surface area contributed by atoms with E-state index >= 15 is 0 Å². The maximum absolute atomic E-state index is 13.3. The van der Waals surface area contributed by atoms with Crippen molar-refractivity contribution >= 4 is 16.9 Å². The molecule has 2 heterocycles. The number of nitrogens with zero attached hydrogens (tertiary/aromatic N) is 1. The second-order valence-corrected chi connectivity index (χ2v) is 4.74. The molecular weight excluding hydrogens is 268 g/mol. The van der Waals surface area contributed by atoms with Gasteiger partial charge in [-0.25, -0.2) is 13.6 Å². The molecule has 20 heavy (non-hydrogen) atoms. The van der Waals surface area contributed by atoms with Crippen LogP contribution >= 0.6 is 0 Å². The van der Waals surface area contributed by atoms with Gasteiger partial charge in [0.15, 0.2) is 11.6 Å². The summed E-state index contributed by atoms with van der Waals surface area (Å²) in [6.45, 7) is 1.05. The molecule has 4 nitrogen and oxygen atoms in total. The third kappa shape index (κ3) is 2.12. The van der Waals surface area contributed by atoms with Crippen molar-refractivity contribution in [3.05, 3.63) is 41.1 Å². The molecule has 6 heteroatoms. The largest absolute Gasteiger partial charge is 0.478 e. The van der Waals surface area contributed by atoms with Crippen molar-refractivity contribution in [3.8, 4) is 0 Å². The van der Waals surface area contributed by atoms with Gasteiger partial charge in [0.05, 0.1) is 17.7 Å². The monoisotopic (exact) mass is 279 g/mol. The first-order valence-electron chi connectivity index (χ1n) is 6.17. The number of hydrogen-bond donors (Lipinski definition) is 1. The lowest BCUT2D eigenvalue weighted by Crippen LogP contribution is -2.07. The van der Waals surface area contributed by atoms with E-state index in [1.54, 1.807) is 0 Å². The fourth-order valence-electron chi connectivity index (χ4n) is 2.40. The average Bonchev–Trinajstić information content (AvgIpc) is 2.92. The highest BCUT2D eigenvalue weighted by Crippen LogP contribution is 2.28. The van der Waals surface area contributed by atoms with Gasteiger partial charge in [-0.05, 0) is 18.6 Å². The van der Waals surface area contributed by atoms with Crippen LogP contribution in [-0.4, -0.2) is 29.3 Å². The summed E-state index contributed by atoms with van der Waals surface area (Å²) in [6, 6.07) is 3.22.